The fourth-order valence-corrected chi connectivity index (χ4v) is 1.98. The fraction of sp³-hybridized carbons (Fsp3) is 0.923. The van der Waals surface area contributed by atoms with E-state index in [2.05, 4.69) is 6.92 Å². The first-order valence-electron chi connectivity index (χ1n) is 6.70. The number of amides is 1. The van der Waals surface area contributed by atoms with Gasteiger partial charge in [-0.25, -0.2) is 0 Å². The zero-order valence-corrected chi connectivity index (χ0v) is 10.5. The summed E-state index contributed by atoms with van der Waals surface area (Å²) in [7, 11) is 0. The van der Waals surface area contributed by atoms with Crippen LogP contribution in [0, 0.1) is 0 Å². The molecule has 16 heavy (non-hydrogen) atoms. The predicted molar refractivity (Wildman–Crippen MR) is 65.1 cm³/mol. The molecule has 94 valence electrons. The lowest BCUT2D eigenvalue weighted by Gasteiger charge is -2.26. The molecule has 1 fully saturated rings. The van der Waals surface area contributed by atoms with Crippen molar-refractivity contribution in [3.8, 4) is 0 Å². The number of hydrogen-bond acceptors (Lipinski definition) is 2. The first-order valence-corrected chi connectivity index (χ1v) is 6.70. The van der Waals surface area contributed by atoms with E-state index in [4.69, 9.17) is 4.74 Å². The topological polar surface area (TPSA) is 29.5 Å². The molecule has 1 rings (SSSR count). The highest BCUT2D eigenvalue weighted by atomic mass is 16.5. The van der Waals surface area contributed by atoms with Gasteiger partial charge in [0.25, 0.3) is 0 Å². The molecule has 1 aliphatic rings. The first-order chi connectivity index (χ1) is 7.84. The van der Waals surface area contributed by atoms with E-state index < -0.39 is 0 Å². The van der Waals surface area contributed by atoms with Crippen LogP contribution >= 0.6 is 0 Å². The summed E-state index contributed by atoms with van der Waals surface area (Å²) in [5.41, 5.74) is 0. The Morgan fingerprint density at radius 2 is 2.00 bits per heavy atom. The van der Waals surface area contributed by atoms with E-state index in [0.29, 0.717) is 13.2 Å². The summed E-state index contributed by atoms with van der Waals surface area (Å²) in [5.74, 6) is 0.261. The Hall–Kier alpha value is -0.570. The number of nitrogens with zero attached hydrogens (tertiary/aromatic N) is 1. The molecule has 1 amide bonds. The highest BCUT2D eigenvalue weighted by molar-refractivity contribution is 5.76. The Labute approximate surface area is 99.1 Å². The number of piperidine rings is 1. The molecule has 0 spiro atoms. The standard InChI is InChI=1S/C13H25NO2/c1-2-3-4-5-8-11-16-12-14-10-7-6-9-13(14)15/h2-12H2,1H3. The molecule has 0 aromatic rings. The van der Waals surface area contributed by atoms with Gasteiger partial charge in [0.1, 0.15) is 6.73 Å². The van der Waals surface area contributed by atoms with Crippen molar-refractivity contribution in [3.63, 3.8) is 0 Å². The molecule has 3 heteroatoms. The van der Waals surface area contributed by atoms with E-state index >= 15 is 0 Å². The van der Waals surface area contributed by atoms with Gasteiger partial charge in [-0.1, -0.05) is 32.6 Å². The van der Waals surface area contributed by atoms with E-state index in [1.807, 2.05) is 4.90 Å². The van der Waals surface area contributed by atoms with Crippen molar-refractivity contribution in [2.75, 3.05) is 19.9 Å². The van der Waals surface area contributed by atoms with Crippen molar-refractivity contribution in [2.24, 2.45) is 0 Å². The van der Waals surface area contributed by atoms with Crippen LogP contribution in [0.1, 0.15) is 58.3 Å². The van der Waals surface area contributed by atoms with E-state index in [9.17, 15) is 4.79 Å². The number of carbonyl (C=O) groups is 1. The van der Waals surface area contributed by atoms with Gasteiger partial charge in [-0.15, -0.1) is 0 Å². The van der Waals surface area contributed by atoms with Crippen molar-refractivity contribution in [1.82, 2.24) is 4.90 Å². The highest BCUT2D eigenvalue weighted by Gasteiger charge is 2.17. The molecule has 0 saturated carbocycles. The third-order valence-electron chi connectivity index (χ3n) is 3.06. The Morgan fingerprint density at radius 3 is 2.75 bits per heavy atom. The molecule has 1 aliphatic heterocycles. The lowest BCUT2D eigenvalue weighted by Crippen LogP contribution is -2.37. The Bertz CT molecular complexity index is 194. The molecule has 0 bridgehead atoms. The van der Waals surface area contributed by atoms with Crippen LogP contribution in [0.15, 0.2) is 0 Å². The summed E-state index contributed by atoms with van der Waals surface area (Å²) in [5, 5.41) is 0. The van der Waals surface area contributed by atoms with Crippen LogP contribution in [-0.2, 0) is 9.53 Å². The van der Waals surface area contributed by atoms with Crippen LogP contribution in [0.4, 0.5) is 0 Å². The fourth-order valence-electron chi connectivity index (χ4n) is 1.98. The van der Waals surface area contributed by atoms with E-state index in [0.717, 1.165) is 32.4 Å². The molecule has 0 aromatic carbocycles. The minimum absolute atomic E-state index is 0.261. The monoisotopic (exact) mass is 227 g/mol. The first kappa shape index (κ1) is 13.5. The Balaban J connectivity index is 1.92. The van der Waals surface area contributed by atoms with Crippen LogP contribution in [-0.4, -0.2) is 30.7 Å². The zero-order valence-electron chi connectivity index (χ0n) is 10.5. The number of hydrogen-bond donors (Lipinski definition) is 0. The molecular weight excluding hydrogens is 202 g/mol. The third kappa shape index (κ3) is 5.50. The van der Waals surface area contributed by atoms with Crippen molar-refractivity contribution >= 4 is 5.91 Å². The van der Waals surface area contributed by atoms with Gasteiger partial charge in [-0.3, -0.25) is 4.79 Å². The minimum Gasteiger partial charge on any atom is -0.361 e. The molecule has 0 aromatic heterocycles. The van der Waals surface area contributed by atoms with Gasteiger partial charge in [0.15, 0.2) is 0 Å². The van der Waals surface area contributed by atoms with Crippen LogP contribution in [0.2, 0.25) is 0 Å². The van der Waals surface area contributed by atoms with Gasteiger partial charge in [-0.2, -0.15) is 0 Å². The van der Waals surface area contributed by atoms with Crippen LogP contribution < -0.4 is 0 Å². The van der Waals surface area contributed by atoms with E-state index in [1.165, 1.54) is 25.7 Å². The Morgan fingerprint density at radius 1 is 1.19 bits per heavy atom. The molecule has 0 unspecified atom stereocenters. The predicted octanol–water partition coefficient (Wildman–Crippen LogP) is 2.94. The van der Waals surface area contributed by atoms with Crippen molar-refractivity contribution in [3.05, 3.63) is 0 Å². The molecule has 0 atom stereocenters. The maximum atomic E-state index is 11.4. The quantitative estimate of drug-likeness (QED) is 0.597. The molecule has 0 radical (unpaired) electrons. The molecule has 3 nitrogen and oxygen atoms in total. The molecule has 0 N–H and O–H groups in total. The highest BCUT2D eigenvalue weighted by Crippen LogP contribution is 2.10. The van der Waals surface area contributed by atoms with Gasteiger partial charge in [0.2, 0.25) is 5.91 Å². The number of rotatable bonds is 8. The summed E-state index contributed by atoms with van der Waals surface area (Å²) in [6.07, 6.45) is 9.18. The molecule has 1 saturated heterocycles. The van der Waals surface area contributed by atoms with Crippen molar-refractivity contribution in [1.29, 1.82) is 0 Å². The second-order valence-electron chi connectivity index (χ2n) is 4.57. The van der Waals surface area contributed by atoms with Gasteiger partial charge >= 0.3 is 0 Å². The largest absolute Gasteiger partial charge is 0.361 e. The summed E-state index contributed by atoms with van der Waals surface area (Å²) in [6.45, 7) is 4.41. The van der Waals surface area contributed by atoms with Gasteiger partial charge < -0.3 is 9.64 Å². The second-order valence-corrected chi connectivity index (χ2v) is 4.57. The molecule has 0 aliphatic carbocycles. The molecule has 1 heterocycles. The van der Waals surface area contributed by atoms with Crippen LogP contribution in [0.3, 0.4) is 0 Å². The SMILES string of the molecule is CCCCCCCOCN1CCCCC1=O. The van der Waals surface area contributed by atoms with Crippen molar-refractivity contribution < 1.29 is 9.53 Å². The van der Waals surface area contributed by atoms with Gasteiger partial charge in [0.05, 0.1) is 0 Å². The Kier molecular flexibility index (Phi) is 7.23. The third-order valence-corrected chi connectivity index (χ3v) is 3.06. The summed E-state index contributed by atoms with van der Waals surface area (Å²) in [6, 6.07) is 0. The smallest absolute Gasteiger partial charge is 0.224 e. The zero-order chi connectivity index (χ0) is 11.6. The summed E-state index contributed by atoms with van der Waals surface area (Å²) >= 11 is 0. The van der Waals surface area contributed by atoms with Gasteiger partial charge in [0, 0.05) is 19.6 Å². The average Bonchev–Trinajstić information content (AvgIpc) is 2.30. The van der Waals surface area contributed by atoms with Crippen molar-refractivity contribution in [2.45, 2.75) is 58.3 Å². The lowest BCUT2D eigenvalue weighted by atomic mass is 10.1. The average molecular weight is 227 g/mol. The van der Waals surface area contributed by atoms with E-state index in [-0.39, 0.29) is 5.91 Å². The van der Waals surface area contributed by atoms with Crippen LogP contribution in [0.25, 0.3) is 0 Å². The van der Waals surface area contributed by atoms with E-state index in [1.54, 1.807) is 0 Å². The number of unbranched alkanes of at least 4 members (excludes halogenated alkanes) is 4. The minimum atomic E-state index is 0.261. The maximum Gasteiger partial charge on any atom is 0.224 e. The molecular formula is C13H25NO2. The summed E-state index contributed by atoms with van der Waals surface area (Å²) in [4.78, 5) is 13.3. The lowest BCUT2D eigenvalue weighted by molar-refractivity contribution is -0.139. The maximum absolute atomic E-state index is 11.4. The second kappa shape index (κ2) is 8.57. The normalized spacial score (nSPS) is 16.8. The number of likely N-dealkylation sites (tertiary alicyclic amines) is 1. The summed E-state index contributed by atoms with van der Waals surface area (Å²) < 4.78 is 5.53. The number of ether oxygens (including phenoxy) is 1. The number of carbonyl (C=O) groups excluding carboxylic acids is 1. The van der Waals surface area contributed by atoms with Crippen LogP contribution in [0.5, 0.6) is 0 Å². The van der Waals surface area contributed by atoms with Gasteiger partial charge in [-0.05, 0) is 19.3 Å².